The summed E-state index contributed by atoms with van der Waals surface area (Å²) in [4.78, 5) is 27.5. The van der Waals surface area contributed by atoms with E-state index < -0.39 is 0 Å². The molecule has 0 aliphatic carbocycles. The van der Waals surface area contributed by atoms with E-state index >= 15 is 0 Å². The van der Waals surface area contributed by atoms with Crippen LogP contribution in [-0.4, -0.2) is 39.1 Å². The Kier molecular flexibility index (Phi) is 5.65. The van der Waals surface area contributed by atoms with E-state index in [-0.39, 0.29) is 23.5 Å². The van der Waals surface area contributed by atoms with E-state index in [1.807, 2.05) is 41.3 Å². The number of H-pyrrole nitrogens is 1. The van der Waals surface area contributed by atoms with Crippen LogP contribution in [0.5, 0.6) is 0 Å². The monoisotopic (exact) mass is 436 g/mol. The number of ether oxygens (including phenoxy) is 1. The first-order valence-electron chi connectivity index (χ1n) is 10.6. The van der Waals surface area contributed by atoms with Gasteiger partial charge in [0.25, 0.3) is 0 Å². The number of benzene rings is 2. The number of thioether (sulfide) groups is 1. The Hall–Kier alpha value is -2.84. The number of aryl methyl sites for hydroxylation is 2. The van der Waals surface area contributed by atoms with Gasteiger partial charge in [-0.1, -0.05) is 48.2 Å². The van der Waals surface area contributed by atoms with Gasteiger partial charge < -0.3 is 4.74 Å². The predicted molar refractivity (Wildman–Crippen MR) is 120 cm³/mol. The fourth-order valence-corrected chi connectivity index (χ4v) is 5.11. The van der Waals surface area contributed by atoms with E-state index in [4.69, 9.17) is 4.74 Å². The molecule has 1 aromatic heterocycles. The molecule has 0 radical (unpaired) electrons. The summed E-state index contributed by atoms with van der Waals surface area (Å²) in [5, 5.41) is 7.17. The summed E-state index contributed by atoms with van der Waals surface area (Å²) in [6.07, 6.45) is 3.75. The van der Waals surface area contributed by atoms with Crippen LogP contribution < -0.4 is 10.6 Å². The number of hydrogen-bond acceptors (Lipinski definition) is 5. The van der Waals surface area contributed by atoms with Gasteiger partial charge in [0.1, 0.15) is 0 Å². The molecule has 2 aliphatic heterocycles. The maximum atomic E-state index is 13.5. The Morgan fingerprint density at radius 2 is 1.77 bits per heavy atom. The molecule has 0 bridgehead atoms. The molecule has 0 saturated carbocycles. The normalized spacial score (nSPS) is 17.8. The lowest BCUT2D eigenvalue weighted by atomic mass is 10.0. The third-order valence-corrected chi connectivity index (χ3v) is 6.80. The molecule has 1 unspecified atom stereocenters. The van der Waals surface area contributed by atoms with Crippen LogP contribution in [0.1, 0.15) is 24.0 Å². The lowest BCUT2D eigenvalue weighted by Gasteiger charge is -2.25. The van der Waals surface area contributed by atoms with Crippen molar-refractivity contribution in [1.82, 2.24) is 14.8 Å². The molecule has 0 spiro atoms. The molecule has 7 nitrogen and oxygen atoms in total. The molecule has 3 aromatic rings. The van der Waals surface area contributed by atoms with Crippen molar-refractivity contribution >= 4 is 29.0 Å². The van der Waals surface area contributed by atoms with Crippen molar-refractivity contribution in [3.63, 3.8) is 0 Å². The number of aromatic nitrogens is 3. The zero-order valence-corrected chi connectivity index (χ0v) is 17.9. The summed E-state index contributed by atoms with van der Waals surface area (Å²) >= 11 is 1.28. The van der Waals surface area contributed by atoms with Crippen LogP contribution in [-0.2, 0) is 28.9 Å². The molecule has 2 aromatic carbocycles. The summed E-state index contributed by atoms with van der Waals surface area (Å²) in [6.45, 7) is 1.19. The lowest BCUT2D eigenvalue weighted by molar-refractivity contribution is -0.115. The summed E-state index contributed by atoms with van der Waals surface area (Å²) in [6, 6.07) is 16.1. The number of nitrogens with zero attached hydrogens (tertiary/aromatic N) is 3. The number of nitrogens with one attached hydrogen (secondary N) is 1. The van der Waals surface area contributed by atoms with Gasteiger partial charge in [-0.3, -0.25) is 14.3 Å². The van der Waals surface area contributed by atoms with Crippen LogP contribution in [0, 0.1) is 0 Å². The molecule has 2 aliphatic rings. The zero-order valence-electron chi connectivity index (χ0n) is 17.1. The fourth-order valence-electron chi connectivity index (χ4n) is 4.31. The molecule has 1 fully saturated rings. The SMILES string of the molecule is O=C(CSc1n[nH]c(=O)n1CC1CCCO1)N1c2ccccc2CCc2ccccc21. The average molecular weight is 437 g/mol. The van der Waals surface area contributed by atoms with Gasteiger partial charge in [-0.15, -0.1) is 5.10 Å². The van der Waals surface area contributed by atoms with E-state index in [0.717, 1.165) is 54.8 Å². The number of hydrogen-bond donors (Lipinski definition) is 1. The Morgan fingerprint density at radius 1 is 1.10 bits per heavy atom. The minimum atomic E-state index is -0.268. The highest BCUT2D eigenvalue weighted by Gasteiger charge is 2.26. The Morgan fingerprint density at radius 3 is 2.42 bits per heavy atom. The molecule has 160 valence electrons. The highest BCUT2D eigenvalue weighted by atomic mass is 32.2. The van der Waals surface area contributed by atoms with Crippen molar-refractivity contribution in [1.29, 1.82) is 0 Å². The summed E-state index contributed by atoms with van der Waals surface area (Å²) in [5.41, 5.74) is 3.91. The van der Waals surface area contributed by atoms with Gasteiger partial charge >= 0.3 is 5.69 Å². The second-order valence-electron chi connectivity index (χ2n) is 7.83. The fraction of sp³-hybridized carbons (Fsp3) is 0.348. The van der Waals surface area contributed by atoms with Crippen molar-refractivity contribution in [3.8, 4) is 0 Å². The zero-order chi connectivity index (χ0) is 21.2. The maximum Gasteiger partial charge on any atom is 0.344 e. The van der Waals surface area contributed by atoms with Crippen molar-refractivity contribution in [3.05, 3.63) is 70.1 Å². The molecule has 1 N–H and O–H groups in total. The van der Waals surface area contributed by atoms with Gasteiger partial charge in [-0.05, 0) is 48.9 Å². The molecule has 31 heavy (non-hydrogen) atoms. The standard InChI is InChI=1S/C23H24N4O3S/c28-21(15-31-23-25-24-22(29)26(23)14-18-8-5-13-30-18)27-19-9-3-1-6-16(19)11-12-17-7-2-4-10-20(17)27/h1-4,6-7,9-10,18H,5,8,11-15H2,(H,24,29). The average Bonchev–Trinajstić information content (AvgIpc) is 3.39. The molecule has 8 heteroatoms. The second-order valence-corrected chi connectivity index (χ2v) is 8.77. The van der Waals surface area contributed by atoms with E-state index in [1.54, 1.807) is 4.57 Å². The van der Waals surface area contributed by atoms with Crippen LogP contribution in [0.4, 0.5) is 11.4 Å². The number of rotatable bonds is 5. The number of carbonyl (C=O) groups is 1. The summed E-state index contributed by atoms with van der Waals surface area (Å²) < 4.78 is 7.24. The van der Waals surface area contributed by atoms with Gasteiger partial charge in [0.2, 0.25) is 5.91 Å². The van der Waals surface area contributed by atoms with Gasteiger partial charge in [-0.2, -0.15) is 0 Å². The minimum Gasteiger partial charge on any atom is -0.376 e. The van der Waals surface area contributed by atoms with Crippen molar-refractivity contribution < 1.29 is 9.53 Å². The van der Waals surface area contributed by atoms with Crippen LogP contribution in [0.25, 0.3) is 0 Å². The summed E-state index contributed by atoms with van der Waals surface area (Å²) in [7, 11) is 0. The Labute approximate surface area is 184 Å². The molecular formula is C23H24N4O3S. The molecule has 3 heterocycles. The number of amides is 1. The largest absolute Gasteiger partial charge is 0.376 e. The van der Waals surface area contributed by atoms with E-state index in [9.17, 15) is 9.59 Å². The Balaban J connectivity index is 1.40. The van der Waals surface area contributed by atoms with Crippen molar-refractivity contribution in [2.75, 3.05) is 17.3 Å². The highest BCUT2D eigenvalue weighted by Crippen LogP contribution is 2.36. The number of para-hydroxylation sites is 2. The third kappa shape index (κ3) is 4.05. The first kappa shape index (κ1) is 20.1. The lowest BCUT2D eigenvalue weighted by Crippen LogP contribution is -2.29. The number of anilines is 2. The first-order chi connectivity index (χ1) is 15.2. The number of carbonyl (C=O) groups excluding carboxylic acids is 1. The quantitative estimate of drug-likeness (QED) is 0.621. The van der Waals surface area contributed by atoms with Crippen LogP contribution in [0.15, 0.2) is 58.5 Å². The first-order valence-corrected chi connectivity index (χ1v) is 11.6. The van der Waals surface area contributed by atoms with E-state index in [0.29, 0.717) is 11.7 Å². The van der Waals surface area contributed by atoms with Crippen LogP contribution >= 0.6 is 11.8 Å². The molecular weight excluding hydrogens is 412 g/mol. The van der Waals surface area contributed by atoms with Gasteiger partial charge in [-0.25, -0.2) is 9.89 Å². The van der Waals surface area contributed by atoms with Gasteiger partial charge in [0.05, 0.1) is 29.8 Å². The van der Waals surface area contributed by atoms with Crippen LogP contribution in [0.2, 0.25) is 0 Å². The molecule has 1 saturated heterocycles. The Bertz CT molecular complexity index is 1100. The van der Waals surface area contributed by atoms with Crippen molar-refractivity contribution in [2.45, 2.75) is 43.5 Å². The highest BCUT2D eigenvalue weighted by molar-refractivity contribution is 7.99. The van der Waals surface area contributed by atoms with E-state index in [2.05, 4.69) is 22.3 Å². The summed E-state index contributed by atoms with van der Waals surface area (Å²) in [5.74, 6) is 0.143. The van der Waals surface area contributed by atoms with Crippen LogP contribution in [0.3, 0.4) is 0 Å². The van der Waals surface area contributed by atoms with Gasteiger partial charge in [0, 0.05) is 6.61 Å². The number of aromatic amines is 1. The topological polar surface area (TPSA) is 80.2 Å². The maximum absolute atomic E-state index is 13.5. The molecule has 1 amide bonds. The smallest absolute Gasteiger partial charge is 0.344 e. The van der Waals surface area contributed by atoms with Gasteiger partial charge in [0.15, 0.2) is 5.16 Å². The third-order valence-electron chi connectivity index (χ3n) is 5.84. The molecule has 1 atom stereocenters. The predicted octanol–water partition coefficient (Wildman–Crippen LogP) is 3.31. The minimum absolute atomic E-state index is 0.0229. The molecule has 5 rings (SSSR count). The van der Waals surface area contributed by atoms with Crippen molar-refractivity contribution in [2.24, 2.45) is 0 Å². The van der Waals surface area contributed by atoms with E-state index in [1.165, 1.54) is 11.8 Å². The number of fused-ring (bicyclic) bond motifs is 2. The second kappa shape index (κ2) is 8.72.